The first-order chi connectivity index (χ1) is 16.1. The highest BCUT2D eigenvalue weighted by molar-refractivity contribution is 6.35. The molecule has 0 bridgehead atoms. The summed E-state index contributed by atoms with van der Waals surface area (Å²) in [6.07, 6.45) is 1.98. The third-order valence-electron chi connectivity index (χ3n) is 4.63. The number of methoxy groups -OCH3 is 1. The zero-order chi connectivity index (χ0) is 25.3. The van der Waals surface area contributed by atoms with E-state index in [4.69, 9.17) is 32.7 Å². The van der Waals surface area contributed by atoms with Gasteiger partial charge in [-0.3, -0.25) is 14.4 Å². The van der Waals surface area contributed by atoms with Crippen molar-refractivity contribution in [1.82, 2.24) is 10.7 Å². The summed E-state index contributed by atoms with van der Waals surface area (Å²) in [5, 5.41) is 9.68. The summed E-state index contributed by atoms with van der Waals surface area (Å²) < 4.78 is 10.9. The Hall–Kier alpha value is -3.30. The van der Waals surface area contributed by atoms with Crippen LogP contribution in [0.5, 0.6) is 11.5 Å². The Balaban J connectivity index is 2.00. The summed E-state index contributed by atoms with van der Waals surface area (Å²) >= 11 is 12.4. The Morgan fingerprint density at radius 2 is 1.85 bits per heavy atom. The van der Waals surface area contributed by atoms with Gasteiger partial charge in [0.05, 0.1) is 18.3 Å². The molecule has 0 aliphatic heterocycles. The van der Waals surface area contributed by atoms with E-state index in [0.717, 1.165) is 5.56 Å². The van der Waals surface area contributed by atoms with E-state index in [1.54, 1.807) is 31.2 Å². The number of halogens is 2. The number of rotatable bonds is 9. The molecule has 0 saturated carbocycles. The second kappa shape index (κ2) is 12.8. The molecule has 0 radical (unpaired) electrons. The molecule has 2 aromatic rings. The largest absolute Gasteiger partial charge is 0.493 e. The fourth-order valence-electron chi connectivity index (χ4n) is 2.57. The van der Waals surface area contributed by atoms with Crippen molar-refractivity contribution in [2.45, 2.75) is 33.2 Å². The number of hydrazone groups is 1. The van der Waals surface area contributed by atoms with Crippen molar-refractivity contribution in [1.29, 1.82) is 0 Å². The van der Waals surface area contributed by atoms with Crippen molar-refractivity contribution < 1.29 is 23.9 Å². The van der Waals surface area contributed by atoms with Gasteiger partial charge in [0.1, 0.15) is 0 Å². The Morgan fingerprint density at radius 1 is 1.12 bits per heavy atom. The fourth-order valence-corrected chi connectivity index (χ4v) is 3.02. The predicted molar refractivity (Wildman–Crippen MR) is 132 cm³/mol. The summed E-state index contributed by atoms with van der Waals surface area (Å²) in [4.78, 5) is 35.8. The van der Waals surface area contributed by atoms with Crippen molar-refractivity contribution in [3.05, 3.63) is 51.5 Å². The molecule has 2 aromatic carbocycles. The van der Waals surface area contributed by atoms with Crippen LogP contribution >= 0.6 is 23.2 Å². The van der Waals surface area contributed by atoms with E-state index in [0.29, 0.717) is 22.7 Å². The first-order valence-electron chi connectivity index (χ1n) is 10.3. The number of carbonyl (C=O) groups is 3. The van der Waals surface area contributed by atoms with Crippen LogP contribution in [0, 0.1) is 6.92 Å². The lowest BCUT2D eigenvalue weighted by Crippen LogP contribution is -2.41. The third kappa shape index (κ3) is 7.93. The van der Waals surface area contributed by atoms with Gasteiger partial charge < -0.3 is 20.1 Å². The van der Waals surface area contributed by atoms with Gasteiger partial charge in [0.25, 0.3) is 5.91 Å². The van der Waals surface area contributed by atoms with Gasteiger partial charge >= 0.3 is 11.8 Å². The molecule has 0 unspecified atom stereocenters. The van der Waals surface area contributed by atoms with Crippen molar-refractivity contribution in [2.75, 3.05) is 19.0 Å². The minimum atomic E-state index is -0.893. The van der Waals surface area contributed by atoms with E-state index in [1.165, 1.54) is 19.4 Å². The van der Waals surface area contributed by atoms with Crippen molar-refractivity contribution in [2.24, 2.45) is 5.10 Å². The van der Waals surface area contributed by atoms with Crippen LogP contribution in [-0.4, -0.2) is 43.7 Å². The van der Waals surface area contributed by atoms with Gasteiger partial charge in [-0.1, -0.05) is 36.2 Å². The first kappa shape index (κ1) is 26.9. The maximum absolute atomic E-state index is 12.2. The molecule has 9 nitrogen and oxygen atoms in total. The Bertz CT molecular complexity index is 1090. The van der Waals surface area contributed by atoms with Crippen molar-refractivity contribution >= 4 is 52.8 Å². The lowest BCUT2D eigenvalue weighted by atomic mass is 10.2. The highest BCUT2D eigenvalue weighted by Gasteiger charge is 2.16. The summed E-state index contributed by atoms with van der Waals surface area (Å²) in [5.41, 5.74) is 4.04. The van der Waals surface area contributed by atoms with Crippen LogP contribution < -0.4 is 25.5 Å². The van der Waals surface area contributed by atoms with Crippen LogP contribution in [0.4, 0.5) is 5.69 Å². The molecule has 0 fully saturated rings. The van der Waals surface area contributed by atoms with Crippen molar-refractivity contribution in [3.8, 4) is 11.5 Å². The topological polar surface area (TPSA) is 118 Å². The van der Waals surface area contributed by atoms with Gasteiger partial charge in [-0.25, -0.2) is 5.43 Å². The zero-order valence-electron chi connectivity index (χ0n) is 19.2. The average Bonchev–Trinajstić information content (AvgIpc) is 2.80. The molecule has 0 spiro atoms. The smallest absolute Gasteiger partial charge is 0.329 e. The van der Waals surface area contributed by atoms with E-state index in [2.05, 4.69) is 21.2 Å². The third-order valence-corrected chi connectivity index (χ3v) is 5.32. The minimum absolute atomic E-state index is 0.130. The first-order valence-corrected chi connectivity index (χ1v) is 11.1. The number of amides is 3. The van der Waals surface area contributed by atoms with Gasteiger partial charge in [0.2, 0.25) is 0 Å². The Morgan fingerprint density at radius 3 is 2.50 bits per heavy atom. The van der Waals surface area contributed by atoms with Crippen LogP contribution in [0.15, 0.2) is 35.4 Å². The summed E-state index contributed by atoms with van der Waals surface area (Å²) in [6, 6.07) is 8.09. The van der Waals surface area contributed by atoms with Crippen LogP contribution in [0.1, 0.15) is 31.4 Å². The van der Waals surface area contributed by atoms with Gasteiger partial charge in [0, 0.05) is 16.8 Å². The van der Waals surface area contributed by atoms with Crippen molar-refractivity contribution in [3.63, 3.8) is 0 Å². The highest BCUT2D eigenvalue weighted by Crippen LogP contribution is 2.36. The van der Waals surface area contributed by atoms with E-state index in [1.807, 2.05) is 13.8 Å². The lowest BCUT2D eigenvalue weighted by molar-refractivity contribution is -0.139. The van der Waals surface area contributed by atoms with E-state index in [9.17, 15) is 14.4 Å². The average molecular weight is 509 g/mol. The molecule has 0 aliphatic carbocycles. The summed E-state index contributed by atoms with van der Waals surface area (Å²) in [5.74, 6) is -1.68. The molecule has 3 amide bonds. The summed E-state index contributed by atoms with van der Waals surface area (Å²) in [7, 11) is 1.41. The number of benzene rings is 2. The fraction of sp³-hybridized carbons (Fsp3) is 0.304. The maximum atomic E-state index is 12.2. The maximum Gasteiger partial charge on any atom is 0.329 e. The summed E-state index contributed by atoms with van der Waals surface area (Å²) in [6.45, 7) is 5.21. The number of ether oxygens (including phenoxy) is 2. The SMILES string of the molecule is CC[C@@H](C)NC(=O)C(=O)N/N=C\c1cc(Cl)c(OCC(=O)Nc2ccc(C)c(Cl)c2)c(OC)c1. The van der Waals surface area contributed by atoms with Gasteiger partial charge in [0.15, 0.2) is 18.1 Å². The number of aryl methyl sites for hydroxylation is 1. The second-order valence-corrected chi connectivity index (χ2v) is 8.13. The number of carbonyl (C=O) groups excluding carboxylic acids is 3. The Labute approximate surface area is 207 Å². The number of anilines is 1. The monoisotopic (exact) mass is 508 g/mol. The highest BCUT2D eigenvalue weighted by atomic mass is 35.5. The quantitative estimate of drug-likeness (QED) is 0.271. The number of nitrogens with one attached hydrogen (secondary N) is 3. The van der Waals surface area contributed by atoms with Gasteiger partial charge in [-0.2, -0.15) is 5.10 Å². The normalized spacial score (nSPS) is 11.6. The number of nitrogens with zero attached hydrogens (tertiary/aromatic N) is 1. The molecule has 0 aliphatic rings. The van der Waals surface area contributed by atoms with E-state index in [-0.39, 0.29) is 29.2 Å². The molecule has 11 heteroatoms. The standard InChI is InChI=1S/C23H26Cl2N4O5/c1-5-14(3)27-22(31)23(32)29-26-11-15-8-18(25)21(19(9-15)33-4)34-12-20(30)28-16-7-6-13(2)17(24)10-16/h6-11,14H,5,12H2,1-4H3,(H,27,31)(H,28,30)(H,29,32)/b26-11-/t14-/m1/s1. The van der Waals surface area contributed by atoms with E-state index >= 15 is 0 Å². The molecule has 0 heterocycles. The van der Waals surface area contributed by atoms with E-state index < -0.39 is 17.7 Å². The number of hydrogen-bond acceptors (Lipinski definition) is 6. The molecule has 34 heavy (non-hydrogen) atoms. The molecule has 2 rings (SSSR count). The molecular weight excluding hydrogens is 483 g/mol. The number of hydrogen-bond donors (Lipinski definition) is 3. The van der Waals surface area contributed by atoms with Gasteiger partial charge in [-0.15, -0.1) is 0 Å². The van der Waals surface area contributed by atoms with Gasteiger partial charge in [-0.05, 0) is 55.7 Å². The molecular formula is C23H26Cl2N4O5. The molecule has 182 valence electrons. The minimum Gasteiger partial charge on any atom is -0.493 e. The predicted octanol–water partition coefficient (Wildman–Crippen LogP) is 3.69. The molecule has 1 atom stereocenters. The van der Waals surface area contributed by atoms with Crippen LogP contribution in [0.3, 0.4) is 0 Å². The molecule has 0 aromatic heterocycles. The molecule has 3 N–H and O–H groups in total. The van der Waals surface area contributed by atoms with Crippen LogP contribution in [0.2, 0.25) is 10.0 Å². The second-order valence-electron chi connectivity index (χ2n) is 7.32. The molecule has 0 saturated heterocycles. The van der Waals surface area contributed by atoms with Crippen LogP contribution in [-0.2, 0) is 14.4 Å². The lowest BCUT2D eigenvalue weighted by Gasteiger charge is -2.13. The Kier molecular flexibility index (Phi) is 10.2. The zero-order valence-corrected chi connectivity index (χ0v) is 20.7. The van der Waals surface area contributed by atoms with Crippen LogP contribution in [0.25, 0.3) is 0 Å².